The highest BCUT2D eigenvalue weighted by atomic mass is 16.5. The Bertz CT molecular complexity index is 1340. The quantitative estimate of drug-likeness (QED) is 0.173. The van der Waals surface area contributed by atoms with Gasteiger partial charge in [0.2, 0.25) is 0 Å². The van der Waals surface area contributed by atoms with Gasteiger partial charge < -0.3 is 24.8 Å². The van der Waals surface area contributed by atoms with Crippen molar-refractivity contribution < 1.29 is 29.6 Å². The Balaban J connectivity index is 1.18. The van der Waals surface area contributed by atoms with E-state index in [-0.39, 0.29) is 56.9 Å². The normalized spacial score (nSPS) is 44.3. The Morgan fingerprint density at radius 1 is 0.844 bits per heavy atom. The van der Waals surface area contributed by atoms with Crippen LogP contribution >= 0.6 is 0 Å². The van der Waals surface area contributed by atoms with Crippen molar-refractivity contribution in [2.45, 2.75) is 143 Å². The van der Waals surface area contributed by atoms with E-state index in [0.717, 1.165) is 32.1 Å². The van der Waals surface area contributed by atoms with E-state index in [1.807, 2.05) is 13.8 Å². The second kappa shape index (κ2) is 10.7. The fraction of sp³-hybridized carbons (Fsp3) is 0.769. The highest BCUT2D eigenvalue weighted by Crippen LogP contribution is 2.76. The van der Waals surface area contributed by atoms with Crippen molar-refractivity contribution >= 4 is 12.0 Å². The summed E-state index contributed by atoms with van der Waals surface area (Å²) in [5.74, 6) is 1.57. The molecular formula is C39H58O6. The van der Waals surface area contributed by atoms with E-state index in [0.29, 0.717) is 29.2 Å². The molecule has 0 aromatic heterocycles. The lowest BCUT2D eigenvalue weighted by Crippen LogP contribution is -2.64. The number of carbonyl (C=O) groups is 1. The van der Waals surface area contributed by atoms with Crippen molar-refractivity contribution in [2.24, 2.45) is 45.3 Å². The van der Waals surface area contributed by atoms with E-state index in [1.54, 1.807) is 12.1 Å². The predicted octanol–water partition coefficient (Wildman–Crippen LogP) is 8.42. The van der Waals surface area contributed by atoms with Crippen molar-refractivity contribution in [2.75, 3.05) is 0 Å². The summed E-state index contributed by atoms with van der Waals surface area (Å²) >= 11 is 0. The fourth-order valence-electron chi connectivity index (χ4n) is 12.3. The first-order valence-electron chi connectivity index (χ1n) is 17.7. The van der Waals surface area contributed by atoms with E-state index in [9.17, 15) is 20.1 Å². The number of rotatable bonds is 5. The number of phenols is 2. The van der Waals surface area contributed by atoms with Crippen molar-refractivity contribution in [3.63, 3.8) is 0 Å². The van der Waals surface area contributed by atoms with Gasteiger partial charge in [0, 0.05) is 11.5 Å². The van der Waals surface area contributed by atoms with Crippen LogP contribution in [0.25, 0.3) is 6.08 Å². The van der Waals surface area contributed by atoms with Crippen LogP contribution in [0.5, 0.6) is 11.5 Å². The van der Waals surface area contributed by atoms with E-state index >= 15 is 0 Å². The number of hydrogen-bond donors (Lipinski definition) is 3. The molecule has 1 aromatic carbocycles. The molecule has 4 aliphatic carbocycles. The number of aliphatic hydroxyl groups is 1. The molecule has 2 unspecified atom stereocenters. The summed E-state index contributed by atoms with van der Waals surface area (Å²) in [5.41, 5.74) is 0.273. The van der Waals surface area contributed by atoms with Crippen LogP contribution in [0.1, 0.15) is 125 Å². The molecule has 6 nitrogen and oxygen atoms in total. The molecule has 0 amide bonds. The average molecular weight is 623 g/mol. The van der Waals surface area contributed by atoms with Gasteiger partial charge in [0.25, 0.3) is 0 Å². The molecule has 1 aliphatic heterocycles. The third kappa shape index (κ3) is 5.07. The summed E-state index contributed by atoms with van der Waals surface area (Å²) < 4.78 is 12.9. The summed E-state index contributed by atoms with van der Waals surface area (Å²) in [6.07, 6.45) is 14.1. The molecule has 1 aromatic rings. The molecule has 3 N–H and O–H groups in total. The van der Waals surface area contributed by atoms with E-state index in [2.05, 4.69) is 41.5 Å². The van der Waals surface area contributed by atoms with Gasteiger partial charge in [0.05, 0.1) is 17.3 Å². The molecule has 5 aliphatic rings. The third-order valence-corrected chi connectivity index (χ3v) is 14.9. The third-order valence-electron chi connectivity index (χ3n) is 14.9. The topological polar surface area (TPSA) is 96.2 Å². The lowest BCUT2D eigenvalue weighted by Gasteiger charge is -2.70. The predicted molar refractivity (Wildman–Crippen MR) is 176 cm³/mol. The molecule has 5 fully saturated rings. The summed E-state index contributed by atoms with van der Waals surface area (Å²) in [7, 11) is 0. The van der Waals surface area contributed by atoms with Crippen LogP contribution in [0.4, 0.5) is 0 Å². The van der Waals surface area contributed by atoms with Gasteiger partial charge in [0.15, 0.2) is 11.5 Å². The molecule has 45 heavy (non-hydrogen) atoms. The monoisotopic (exact) mass is 622 g/mol. The highest BCUT2D eigenvalue weighted by molar-refractivity contribution is 5.87. The first-order chi connectivity index (χ1) is 20.8. The van der Waals surface area contributed by atoms with Crippen molar-refractivity contribution in [3.8, 4) is 11.5 Å². The SMILES string of the molecule is CC(C)(O)C1CC[C@@](C)([C@H]2CC[C@]3(C)[C@@H]2CC[C@@H]2[C@@]4(C)CCC(OC(=O)/C=C/c5ccc(O)c(O)c5)C(C)(C)[C@@H]4CC[C@]23C)O1. The zero-order valence-corrected chi connectivity index (χ0v) is 29.0. The number of ether oxygens (including phenoxy) is 2. The van der Waals surface area contributed by atoms with Gasteiger partial charge in [0.1, 0.15) is 6.10 Å². The molecule has 1 heterocycles. The first kappa shape index (κ1) is 32.9. The minimum absolute atomic E-state index is 0.0844. The maximum atomic E-state index is 13.0. The van der Waals surface area contributed by atoms with Crippen molar-refractivity contribution in [1.29, 1.82) is 0 Å². The number of fused-ring (bicyclic) bond motifs is 5. The number of carbonyl (C=O) groups excluding carboxylic acids is 1. The summed E-state index contributed by atoms with van der Waals surface area (Å²) in [6, 6.07) is 4.50. The molecule has 0 spiro atoms. The van der Waals surface area contributed by atoms with E-state index < -0.39 is 5.60 Å². The molecule has 6 rings (SSSR count). The molecule has 4 saturated carbocycles. The Labute approximate surface area is 271 Å². The van der Waals surface area contributed by atoms with Crippen molar-refractivity contribution in [1.82, 2.24) is 0 Å². The zero-order chi connectivity index (χ0) is 32.8. The number of benzene rings is 1. The minimum Gasteiger partial charge on any atom is -0.504 e. The van der Waals surface area contributed by atoms with Gasteiger partial charge in [-0.25, -0.2) is 4.79 Å². The maximum absolute atomic E-state index is 13.0. The number of phenolic OH excluding ortho intramolecular Hbond substituents is 2. The Morgan fingerprint density at radius 2 is 1.56 bits per heavy atom. The molecular weight excluding hydrogens is 564 g/mol. The van der Waals surface area contributed by atoms with Gasteiger partial charge in [-0.15, -0.1) is 0 Å². The van der Waals surface area contributed by atoms with Gasteiger partial charge in [-0.3, -0.25) is 0 Å². The Kier molecular flexibility index (Phi) is 7.84. The van der Waals surface area contributed by atoms with Crippen molar-refractivity contribution in [3.05, 3.63) is 29.8 Å². The van der Waals surface area contributed by atoms with Gasteiger partial charge >= 0.3 is 5.97 Å². The fourth-order valence-corrected chi connectivity index (χ4v) is 12.3. The Morgan fingerprint density at radius 3 is 2.22 bits per heavy atom. The molecule has 6 heteroatoms. The summed E-state index contributed by atoms with van der Waals surface area (Å²) in [6.45, 7) is 18.6. The van der Waals surface area contributed by atoms with E-state index in [1.165, 1.54) is 50.3 Å². The first-order valence-corrected chi connectivity index (χ1v) is 17.7. The van der Waals surface area contributed by atoms with Crippen LogP contribution in [0.2, 0.25) is 0 Å². The highest BCUT2D eigenvalue weighted by Gasteiger charge is 2.70. The molecule has 10 atom stereocenters. The molecule has 250 valence electrons. The lowest BCUT2D eigenvalue weighted by atomic mass is 9.35. The smallest absolute Gasteiger partial charge is 0.331 e. The van der Waals surface area contributed by atoms with Crippen LogP contribution in [-0.2, 0) is 14.3 Å². The summed E-state index contributed by atoms with van der Waals surface area (Å²) in [4.78, 5) is 13.0. The summed E-state index contributed by atoms with van der Waals surface area (Å²) in [5, 5.41) is 30.1. The largest absolute Gasteiger partial charge is 0.504 e. The molecule has 0 bridgehead atoms. The van der Waals surface area contributed by atoms with Crippen LogP contribution in [-0.4, -0.2) is 44.7 Å². The number of esters is 1. The standard InChI is InChI=1S/C39H58O6/c1-34(2)29-16-21-38(7)30(13-11-25-26(15-20-37(25,38)6)39(8)22-18-32(45-39)35(3,4)43)36(29,5)19-17-31(34)44-33(42)14-10-24-9-12-27(40)28(41)23-24/h9-10,12,14,23,25-26,29-32,40-41,43H,11,13,15-22H2,1-8H3/b14-10+/t25-,26+,29+,30-,31?,32?,36+,37-,38-,39+/m1/s1. The van der Waals surface area contributed by atoms with Crippen LogP contribution in [0.3, 0.4) is 0 Å². The Hall–Kier alpha value is -2.05. The lowest BCUT2D eigenvalue weighted by molar-refractivity contribution is -0.230. The van der Waals surface area contributed by atoms with Crippen LogP contribution in [0, 0.1) is 45.3 Å². The maximum Gasteiger partial charge on any atom is 0.331 e. The minimum atomic E-state index is -0.802. The molecule has 0 radical (unpaired) electrons. The second-order valence-electron chi connectivity index (χ2n) is 17.8. The van der Waals surface area contributed by atoms with E-state index in [4.69, 9.17) is 9.47 Å². The number of aromatic hydroxyl groups is 2. The van der Waals surface area contributed by atoms with Gasteiger partial charge in [-0.05, 0) is 149 Å². The van der Waals surface area contributed by atoms with Gasteiger partial charge in [-0.1, -0.05) is 40.7 Å². The van der Waals surface area contributed by atoms with Crippen LogP contribution < -0.4 is 0 Å². The van der Waals surface area contributed by atoms with Gasteiger partial charge in [-0.2, -0.15) is 0 Å². The average Bonchev–Trinajstić information content (AvgIpc) is 3.53. The van der Waals surface area contributed by atoms with Crippen LogP contribution in [0.15, 0.2) is 24.3 Å². The molecule has 1 saturated heterocycles. The second-order valence-corrected chi connectivity index (χ2v) is 17.8. The zero-order valence-electron chi connectivity index (χ0n) is 29.0. The number of hydrogen-bond acceptors (Lipinski definition) is 6.